The molecule has 0 bridgehead atoms. The highest BCUT2D eigenvalue weighted by Crippen LogP contribution is 2.21. The standard InChI is InChI=1S/C45H71N13O10S/c1-7-69-23-34(40(63)54-32(20-28-21-49-24-51-28)43(66)58-17-9-11-35(58)41(64)55-33(44(67)68)18-25(2)3)56-39(62)31(19-27-12-14-29(59)15-13-27)53-42(65)37(26(4)5)57-38(61)30(52-36(60)22-48-6)10-8-16-50-45(46)47/h12-15,21,24-26,30-35,37,48,59H,7-11,16-20,22-23H2,1-6H3,(H,49,51)(H,52,60)(H,53,65)(H,54,63)(H,55,64)(H,56,62)(H,57,61)(H,67,68)(H4,46,47,50)/t30-,31-,32-,33-,34-,35-,37-/m0/s1. The summed E-state index contributed by atoms with van der Waals surface area (Å²) >= 11 is 1.33. The van der Waals surface area contributed by atoms with Crippen molar-refractivity contribution in [1.82, 2.24) is 52.1 Å². The van der Waals surface area contributed by atoms with Crippen molar-refractivity contribution in [2.45, 2.75) is 122 Å². The predicted octanol–water partition coefficient (Wildman–Crippen LogP) is -1.39. The number of aromatic hydroxyl groups is 1. The zero-order valence-electron chi connectivity index (χ0n) is 40.2. The molecule has 0 unspecified atom stereocenters. The molecule has 0 radical (unpaired) electrons. The second-order valence-electron chi connectivity index (χ2n) is 17.5. The van der Waals surface area contributed by atoms with E-state index in [1.54, 1.807) is 33.0 Å². The fraction of sp³-hybridized carbons (Fsp3) is 0.600. The Hall–Kier alpha value is -6.43. The summed E-state index contributed by atoms with van der Waals surface area (Å²) in [5.74, 6) is -5.95. The number of phenols is 1. The molecule has 7 atom stereocenters. The number of carbonyl (C=O) groups excluding carboxylic acids is 7. The first-order valence-corrected chi connectivity index (χ1v) is 24.3. The minimum Gasteiger partial charge on any atom is -0.508 e. The van der Waals surface area contributed by atoms with Crippen LogP contribution in [-0.4, -0.2) is 159 Å². The van der Waals surface area contributed by atoms with Crippen molar-refractivity contribution in [3.05, 3.63) is 48.0 Å². The Bertz CT molecular complexity index is 2050. The van der Waals surface area contributed by atoms with Crippen LogP contribution in [0.25, 0.3) is 0 Å². The van der Waals surface area contributed by atoms with Crippen LogP contribution in [0.3, 0.4) is 0 Å². The Morgan fingerprint density at radius 1 is 0.855 bits per heavy atom. The molecule has 0 aliphatic carbocycles. The summed E-state index contributed by atoms with van der Waals surface area (Å²) in [4.78, 5) is 121. The van der Waals surface area contributed by atoms with E-state index in [1.807, 2.05) is 20.8 Å². The van der Waals surface area contributed by atoms with Crippen LogP contribution in [0.4, 0.5) is 0 Å². The van der Waals surface area contributed by atoms with Crippen LogP contribution in [-0.2, 0) is 51.2 Å². The van der Waals surface area contributed by atoms with Crippen molar-refractivity contribution in [3.8, 4) is 5.75 Å². The zero-order chi connectivity index (χ0) is 51.2. The maximum Gasteiger partial charge on any atom is 0.326 e. The second-order valence-corrected chi connectivity index (χ2v) is 18.9. The lowest BCUT2D eigenvalue weighted by Crippen LogP contribution is -2.61. The Labute approximate surface area is 406 Å². The summed E-state index contributed by atoms with van der Waals surface area (Å²) in [6.07, 6.45) is 4.05. The van der Waals surface area contributed by atoms with Crippen LogP contribution < -0.4 is 48.7 Å². The van der Waals surface area contributed by atoms with Gasteiger partial charge in [0.15, 0.2) is 5.96 Å². The number of H-pyrrole nitrogens is 1. The molecule has 3 rings (SSSR count). The van der Waals surface area contributed by atoms with Crippen LogP contribution in [0.2, 0.25) is 0 Å². The molecule has 1 aromatic heterocycles. The van der Waals surface area contributed by atoms with Gasteiger partial charge in [-0.25, -0.2) is 9.78 Å². The number of hydrogen-bond acceptors (Lipinski definition) is 13. The van der Waals surface area contributed by atoms with Crippen LogP contribution >= 0.6 is 11.8 Å². The van der Waals surface area contributed by atoms with Gasteiger partial charge in [0, 0.05) is 43.6 Å². The average molecular weight is 986 g/mol. The number of hydrogen-bond donors (Lipinski definition) is 12. The van der Waals surface area contributed by atoms with Crippen molar-refractivity contribution in [1.29, 1.82) is 0 Å². The molecule has 7 amide bonds. The summed E-state index contributed by atoms with van der Waals surface area (Å²) in [6, 6.07) is -2.36. The van der Waals surface area contributed by atoms with Crippen LogP contribution in [0, 0.1) is 11.8 Å². The fourth-order valence-electron chi connectivity index (χ4n) is 7.55. The smallest absolute Gasteiger partial charge is 0.326 e. The van der Waals surface area contributed by atoms with Gasteiger partial charge in [-0.05, 0) is 74.4 Å². The lowest BCUT2D eigenvalue weighted by molar-refractivity contribution is -0.145. The van der Waals surface area contributed by atoms with Gasteiger partial charge in [-0.2, -0.15) is 11.8 Å². The highest BCUT2D eigenvalue weighted by Gasteiger charge is 2.40. The van der Waals surface area contributed by atoms with Crippen molar-refractivity contribution in [2.75, 3.05) is 38.2 Å². The Balaban J connectivity index is 1.91. The number of likely N-dealkylation sites (N-methyl/N-ethyl adjacent to an activating group) is 1. The molecule has 1 aliphatic rings. The van der Waals surface area contributed by atoms with E-state index in [-0.39, 0.29) is 75.1 Å². The fourth-order valence-corrected chi connectivity index (χ4v) is 8.26. The molecule has 0 saturated carbocycles. The van der Waals surface area contributed by atoms with Gasteiger partial charge in [-0.1, -0.05) is 46.8 Å². The highest BCUT2D eigenvalue weighted by atomic mass is 32.2. The molecule has 2 heterocycles. The maximum atomic E-state index is 14.4. The van der Waals surface area contributed by atoms with Crippen LogP contribution in [0.15, 0.2) is 41.8 Å². The molecule has 14 N–H and O–H groups in total. The number of carbonyl (C=O) groups is 8. The SMILES string of the molecule is CCSC[C@H](NC(=O)[C@H](Cc1ccc(O)cc1)NC(=O)[C@@H](NC(=O)[C@H](CCCN=C(N)N)NC(=O)CNC)C(C)C)C(=O)N[C@@H](Cc1cnc[nH]1)C(=O)N1CCC[C@H]1C(=O)N[C@@H](CC(C)C)C(=O)O. The van der Waals surface area contributed by atoms with Crippen LogP contribution in [0.1, 0.15) is 78.0 Å². The number of carboxylic acids is 1. The number of guanidine groups is 1. The summed E-state index contributed by atoms with van der Waals surface area (Å²) in [5.41, 5.74) is 11.9. The number of nitrogens with one attached hydrogen (secondary N) is 8. The summed E-state index contributed by atoms with van der Waals surface area (Å²) in [7, 11) is 1.57. The largest absolute Gasteiger partial charge is 0.508 e. The number of aromatic amines is 1. The molecule has 23 nitrogen and oxygen atoms in total. The van der Waals surface area contributed by atoms with Gasteiger partial charge in [0.2, 0.25) is 41.4 Å². The number of phenolic OH excluding ortho intramolecular Hbond substituents is 1. The predicted molar refractivity (Wildman–Crippen MR) is 259 cm³/mol. The number of thioether (sulfide) groups is 1. The van der Waals surface area contributed by atoms with E-state index in [1.165, 1.54) is 41.3 Å². The van der Waals surface area contributed by atoms with Crippen molar-refractivity contribution < 1.29 is 48.6 Å². The monoisotopic (exact) mass is 986 g/mol. The van der Waals surface area contributed by atoms with Gasteiger partial charge < -0.3 is 68.8 Å². The van der Waals surface area contributed by atoms with E-state index >= 15 is 0 Å². The third-order valence-corrected chi connectivity index (χ3v) is 12.0. The van der Waals surface area contributed by atoms with E-state index in [4.69, 9.17) is 11.5 Å². The van der Waals surface area contributed by atoms with Crippen molar-refractivity contribution >= 4 is 65.0 Å². The maximum absolute atomic E-state index is 14.4. The number of imidazole rings is 1. The average Bonchev–Trinajstić information content (AvgIpc) is 4.00. The van der Waals surface area contributed by atoms with Crippen molar-refractivity contribution in [3.63, 3.8) is 0 Å². The van der Waals surface area contributed by atoms with Crippen LogP contribution in [0.5, 0.6) is 5.75 Å². The van der Waals surface area contributed by atoms with Gasteiger partial charge in [-0.15, -0.1) is 0 Å². The number of likely N-dealkylation sites (tertiary alicyclic amines) is 1. The molecule has 2 aromatic rings. The number of nitrogens with zero attached hydrogens (tertiary/aromatic N) is 3. The molecule has 69 heavy (non-hydrogen) atoms. The molecular weight excluding hydrogens is 915 g/mol. The number of rotatable bonds is 29. The highest BCUT2D eigenvalue weighted by molar-refractivity contribution is 7.99. The molecule has 0 spiro atoms. The molecule has 382 valence electrons. The van der Waals surface area contributed by atoms with Gasteiger partial charge in [0.25, 0.3) is 0 Å². The third-order valence-electron chi connectivity index (χ3n) is 11.1. The Morgan fingerprint density at radius 3 is 2.10 bits per heavy atom. The molecule has 1 fully saturated rings. The minimum absolute atomic E-state index is 0.0342. The van der Waals surface area contributed by atoms with Crippen molar-refractivity contribution in [2.24, 2.45) is 28.3 Å². The zero-order valence-corrected chi connectivity index (χ0v) is 41.0. The summed E-state index contributed by atoms with van der Waals surface area (Å²) in [5, 5.41) is 38.7. The van der Waals surface area contributed by atoms with Gasteiger partial charge in [0.05, 0.1) is 12.9 Å². The number of aliphatic carboxylic acids is 1. The number of aromatic nitrogens is 2. The first-order chi connectivity index (χ1) is 32.7. The van der Waals surface area contributed by atoms with Gasteiger partial charge in [0.1, 0.15) is 48.0 Å². The quantitative estimate of drug-likeness (QED) is 0.0254. The second kappa shape index (κ2) is 28.8. The molecule has 1 aliphatic heterocycles. The first kappa shape index (κ1) is 56.9. The lowest BCUT2D eigenvalue weighted by atomic mass is 10.00. The molecular formula is C45H71N13O10S. The minimum atomic E-state index is -1.34. The van der Waals surface area contributed by atoms with E-state index in [0.717, 1.165) is 0 Å². The molecule has 1 aromatic carbocycles. The summed E-state index contributed by atoms with van der Waals surface area (Å²) < 4.78 is 0. The third kappa shape index (κ3) is 19.2. The number of amides is 7. The molecule has 1 saturated heterocycles. The van der Waals surface area contributed by atoms with E-state index in [2.05, 4.69) is 52.2 Å². The number of carboxylic acid groups (broad SMARTS) is 1. The number of nitrogens with two attached hydrogens (primary N) is 2. The van der Waals surface area contributed by atoms with E-state index in [0.29, 0.717) is 29.9 Å². The molecule has 24 heteroatoms. The Morgan fingerprint density at radius 2 is 1.51 bits per heavy atom. The van der Waals surface area contributed by atoms with E-state index < -0.39 is 95.5 Å². The lowest BCUT2D eigenvalue weighted by Gasteiger charge is -2.31. The van der Waals surface area contributed by atoms with Gasteiger partial charge in [-0.3, -0.25) is 38.6 Å². The van der Waals surface area contributed by atoms with E-state index in [9.17, 15) is 48.6 Å². The summed E-state index contributed by atoms with van der Waals surface area (Å²) in [6.45, 7) is 9.16. The number of benzene rings is 1. The van der Waals surface area contributed by atoms with Gasteiger partial charge >= 0.3 is 5.97 Å². The number of aliphatic imine (C=N–C) groups is 1. The Kier molecular flexibility index (Phi) is 23.7. The first-order valence-electron chi connectivity index (χ1n) is 23.1. The topological polar surface area (TPSA) is 358 Å². The normalized spacial score (nSPS) is 16.0.